The van der Waals surface area contributed by atoms with E-state index < -0.39 is 0 Å². The zero-order valence-electron chi connectivity index (χ0n) is 9.43. The van der Waals surface area contributed by atoms with Crippen molar-refractivity contribution in [3.8, 4) is 5.75 Å². The van der Waals surface area contributed by atoms with Crippen molar-refractivity contribution < 1.29 is 4.74 Å². The van der Waals surface area contributed by atoms with Gasteiger partial charge in [-0.25, -0.2) is 0 Å². The van der Waals surface area contributed by atoms with Crippen LogP contribution in [0, 0.1) is 0 Å². The second-order valence-electron chi connectivity index (χ2n) is 3.34. The Morgan fingerprint density at radius 3 is 2.69 bits per heavy atom. The van der Waals surface area contributed by atoms with Crippen LogP contribution in [-0.2, 0) is 0 Å². The van der Waals surface area contributed by atoms with Gasteiger partial charge < -0.3 is 4.74 Å². The number of benzene rings is 1. The van der Waals surface area contributed by atoms with Gasteiger partial charge in [0.2, 0.25) is 0 Å². The molecule has 0 N–H and O–H groups in total. The first-order chi connectivity index (χ1) is 7.85. The quantitative estimate of drug-likeness (QED) is 0.786. The number of rotatable bonds is 2. The summed E-state index contributed by atoms with van der Waals surface area (Å²) in [7, 11) is 3.48. The standard InChI is InChI=1S/C12H14N2OS/c1-13-12-11(14-7-8-16-12)9-3-5-10(15-2)6-4-9/h3-6H,7-8H2,1-2H3. The van der Waals surface area contributed by atoms with Gasteiger partial charge in [0.25, 0.3) is 0 Å². The molecule has 0 atom stereocenters. The Bertz CT molecular complexity index is 423. The van der Waals surface area contributed by atoms with E-state index >= 15 is 0 Å². The number of ether oxygens (including phenoxy) is 1. The second-order valence-corrected chi connectivity index (χ2v) is 4.42. The van der Waals surface area contributed by atoms with Crippen molar-refractivity contribution in [1.82, 2.24) is 0 Å². The highest BCUT2D eigenvalue weighted by atomic mass is 32.2. The molecule has 4 heteroatoms. The average molecular weight is 234 g/mol. The fourth-order valence-corrected chi connectivity index (χ4v) is 2.39. The predicted octanol–water partition coefficient (Wildman–Crippen LogP) is 2.26. The number of hydrogen-bond donors (Lipinski definition) is 0. The van der Waals surface area contributed by atoms with E-state index in [9.17, 15) is 0 Å². The Morgan fingerprint density at radius 1 is 1.31 bits per heavy atom. The molecule has 0 unspecified atom stereocenters. The van der Waals surface area contributed by atoms with Crippen LogP contribution >= 0.6 is 11.8 Å². The summed E-state index contributed by atoms with van der Waals surface area (Å²) in [4.78, 5) is 8.80. The van der Waals surface area contributed by atoms with E-state index in [2.05, 4.69) is 9.98 Å². The Balaban J connectivity index is 2.32. The Labute approximate surface area is 99.6 Å². The van der Waals surface area contributed by atoms with Crippen LogP contribution in [0.1, 0.15) is 5.56 Å². The lowest BCUT2D eigenvalue weighted by Crippen LogP contribution is -2.18. The summed E-state index contributed by atoms with van der Waals surface area (Å²) < 4.78 is 5.13. The summed E-state index contributed by atoms with van der Waals surface area (Å²) >= 11 is 1.76. The van der Waals surface area contributed by atoms with Gasteiger partial charge in [-0.1, -0.05) is 0 Å². The molecule has 0 bridgehead atoms. The molecule has 0 spiro atoms. The molecule has 0 aromatic heterocycles. The molecule has 1 aromatic rings. The first-order valence-corrected chi connectivity index (χ1v) is 6.12. The van der Waals surface area contributed by atoms with Crippen molar-refractivity contribution in [3.05, 3.63) is 29.8 Å². The molecule has 1 aliphatic heterocycles. The number of methoxy groups -OCH3 is 1. The first-order valence-electron chi connectivity index (χ1n) is 5.14. The third-order valence-corrected chi connectivity index (χ3v) is 3.41. The molecule has 0 aliphatic carbocycles. The Kier molecular flexibility index (Phi) is 3.62. The lowest BCUT2D eigenvalue weighted by atomic mass is 10.1. The molecule has 3 nitrogen and oxygen atoms in total. The maximum atomic E-state index is 5.13. The van der Waals surface area contributed by atoms with Crippen molar-refractivity contribution in [2.45, 2.75) is 0 Å². The van der Waals surface area contributed by atoms with Crippen LogP contribution in [-0.4, -0.2) is 37.2 Å². The molecule has 0 fully saturated rings. The minimum absolute atomic E-state index is 0.864. The average Bonchev–Trinajstić information content (AvgIpc) is 2.39. The third kappa shape index (κ3) is 2.27. The van der Waals surface area contributed by atoms with Gasteiger partial charge in [0, 0.05) is 24.9 Å². The normalized spacial score (nSPS) is 18.4. The lowest BCUT2D eigenvalue weighted by Gasteiger charge is -2.14. The number of thioether (sulfide) groups is 1. The van der Waals surface area contributed by atoms with E-state index in [-0.39, 0.29) is 0 Å². The summed E-state index contributed by atoms with van der Waals surface area (Å²) in [5.74, 6) is 1.88. The molecule has 1 heterocycles. The van der Waals surface area contributed by atoms with Gasteiger partial charge in [-0.3, -0.25) is 9.98 Å². The van der Waals surface area contributed by atoms with Crippen molar-refractivity contribution >= 4 is 22.5 Å². The second kappa shape index (κ2) is 5.16. The zero-order valence-corrected chi connectivity index (χ0v) is 10.3. The van der Waals surface area contributed by atoms with Crippen molar-refractivity contribution in [2.75, 3.05) is 26.5 Å². The molecule has 0 radical (unpaired) electrons. The van der Waals surface area contributed by atoms with E-state index in [4.69, 9.17) is 4.74 Å². The number of aliphatic imine (C=N–C) groups is 2. The van der Waals surface area contributed by atoms with Crippen molar-refractivity contribution in [1.29, 1.82) is 0 Å². The zero-order chi connectivity index (χ0) is 11.4. The topological polar surface area (TPSA) is 34.0 Å². The van der Waals surface area contributed by atoms with Gasteiger partial charge >= 0.3 is 0 Å². The van der Waals surface area contributed by atoms with Crippen LogP contribution in [0.4, 0.5) is 0 Å². The van der Waals surface area contributed by atoms with Crippen LogP contribution in [0.25, 0.3) is 0 Å². The van der Waals surface area contributed by atoms with E-state index in [1.54, 1.807) is 18.9 Å². The van der Waals surface area contributed by atoms with E-state index in [0.29, 0.717) is 0 Å². The summed E-state index contributed by atoms with van der Waals surface area (Å²) in [5, 5.41) is 1.02. The van der Waals surface area contributed by atoms with Crippen molar-refractivity contribution in [3.63, 3.8) is 0 Å². The molecular weight excluding hydrogens is 220 g/mol. The maximum absolute atomic E-state index is 5.13. The maximum Gasteiger partial charge on any atom is 0.118 e. The molecule has 0 saturated heterocycles. The third-order valence-electron chi connectivity index (χ3n) is 2.37. The highest BCUT2D eigenvalue weighted by molar-refractivity contribution is 8.15. The monoisotopic (exact) mass is 234 g/mol. The Hall–Kier alpha value is -1.29. The molecule has 84 valence electrons. The first kappa shape index (κ1) is 11.2. The van der Waals surface area contributed by atoms with Gasteiger partial charge in [0.1, 0.15) is 10.8 Å². The van der Waals surface area contributed by atoms with E-state index in [1.807, 2.05) is 31.3 Å². The van der Waals surface area contributed by atoms with Gasteiger partial charge in [0.15, 0.2) is 0 Å². The SMILES string of the molecule is CN=C1SCCN=C1c1ccc(OC)cc1. The summed E-state index contributed by atoms with van der Waals surface area (Å²) in [6.45, 7) is 0.866. The minimum atomic E-state index is 0.864. The van der Waals surface area contributed by atoms with Gasteiger partial charge in [0.05, 0.1) is 12.8 Å². The molecule has 0 amide bonds. The Morgan fingerprint density at radius 2 is 2.06 bits per heavy atom. The largest absolute Gasteiger partial charge is 0.497 e. The molecule has 1 aliphatic rings. The molecule has 1 aromatic carbocycles. The molecule has 2 rings (SSSR count). The molecule has 0 saturated carbocycles. The van der Waals surface area contributed by atoms with Crippen LogP contribution in [0.15, 0.2) is 34.3 Å². The molecular formula is C12H14N2OS. The van der Waals surface area contributed by atoms with E-state index in [0.717, 1.165) is 34.4 Å². The summed E-state index contributed by atoms with van der Waals surface area (Å²) in [6, 6.07) is 7.94. The summed E-state index contributed by atoms with van der Waals surface area (Å²) in [6.07, 6.45) is 0. The highest BCUT2D eigenvalue weighted by Gasteiger charge is 2.15. The minimum Gasteiger partial charge on any atom is -0.497 e. The van der Waals surface area contributed by atoms with Crippen molar-refractivity contribution in [2.24, 2.45) is 9.98 Å². The van der Waals surface area contributed by atoms with Gasteiger partial charge in [-0.05, 0) is 24.3 Å². The smallest absolute Gasteiger partial charge is 0.118 e. The lowest BCUT2D eigenvalue weighted by molar-refractivity contribution is 0.415. The fourth-order valence-electron chi connectivity index (χ4n) is 1.57. The highest BCUT2D eigenvalue weighted by Crippen LogP contribution is 2.19. The van der Waals surface area contributed by atoms with Gasteiger partial charge in [-0.15, -0.1) is 11.8 Å². The fraction of sp³-hybridized carbons (Fsp3) is 0.333. The van der Waals surface area contributed by atoms with E-state index in [1.165, 1.54) is 0 Å². The van der Waals surface area contributed by atoms with Crippen LogP contribution in [0.2, 0.25) is 0 Å². The van der Waals surface area contributed by atoms with Crippen LogP contribution in [0.3, 0.4) is 0 Å². The van der Waals surface area contributed by atoms with Gasteiger partial charge in [-0.2, -0.15) is 0 Å². The van der Waals surface area contributed by atoms with Crippen LogP contribution < -0.4 is 4.74 Å². The van der Waals surface area contributed by atoms with Crippen LogP contribution in [0.5, 0.6) is 5.75 Å². The number of hydrogen-bond acceptors (Lipinski definition) is 4. The molecule has 16 heavy (non-hydrogen) atoms. The number of nitrogens with zero attached hydrogens (tertiary/aromatic N) is 2. The summed E-state index contributed by atoms with van der Waals surface area (Å²) in [5.41, 5.74) is 2.11. The predicted molar refractivity (Wildman–Crippen MR) is 70.2 cm³/mol.